The molecule has 0 aliphatic heterocycles. The van der Waals surface area contributed by atoms with E-state index in [4.69, 9.17) is 9.47 Å². The van der Waals surface area contributed by atoms with Crippen LogP contribution in [0.2, 0.25) is 0 Å². The fourth-order valence-electron chi connectivity index (χ4n) is 1.71. The molecule has 1 aromatic rings. The minimum absolute atomic E-state index is 0.0403. The zero-order chi connectivity index (χ0) is 20.4. The maximum atomic E-state index is 13.4. The summed E-state index contributed by atoms with van der Waals surface area (Å²) in [5.74, 6) is -14.6. The summed E-state index contributed by atoms with van der Waals surface area (Å²) in [4.78, 5) is 22.4. The van der Waals surface area contributed by atoms with Crippen LogP contribution in [0, 0.1) is 29.1 Å². The molecular weight excluding hydrogens is 383 g/mol. The Morgan fingerprint density at radius 2 is 1.15 bits per heavy atom. The highest BCUT2D eigenvalue weighted by molar-refractivity contribution is 5.72. The van der Waals surface area contributed by atoms with Crippen LogP contribution >= 0.6 is 0 Å². The largest absolute Gasteiger partial charge is 0.466 e. The third-order valence-electron chi connectivity index (χ3n) is 2.96. The molecule has 0 aliphatic carbocycles. The number of hydrogen-bond acceptors (Lipinski definition) is 6. The van der Waals surface area contributed by atoms with E-state index in [0.29, 0.717) is 0 Å². The number of hydrogen-bond donors (Lipinski definition) is 0. The first-order valence-electron chi connectivity index (χ1n) is 7.82. The number of ether oxygens (including phenoxy) is 4. The molecule has 152 valence electrons. The Kier molecular flexibility index (Phi) is 9.65. The molecule has 0 aliphatic rings. The summed E-state index contributed by atoms with van der Waals surface area (Å²) in [5, 5.41) is 0. The number of carbonyl (C=O) groups is 2. The van der Waals surface area contributed by atoms with E-state index in [1.807, 2.05) is 0 Å². The van der Waals surface area contributed by atoms with Crippen LogP contribution in [0.4, 0.5) is 22.0 Å². The Hall–Kier alpha value is -2.27. The highest BCUT2D eigenvalue weighted by Gasteiger charge is 2.28. The van der Waals surface area contributed by atoms with Crippen molar-refractivity contribution in [2.24, 2.45) is 0 Å². The highest BCUT2D eigenvalue weighted by Crippen LogP contribution is 2.29. The zero-order valence-electron chi connectivity index (χ0n) is 14.3. The van der Waals surface area contributed by atoms with Gasteiger partial charge in [0.15, 0.2) is 0 Å². The smallest absolute Gasteiger partial charge is 0.313 e. The Labute approximate surface area is 151 Å². The predicted octanol–water partition coefficient (Wildman–Crippen LogP) is 2.66. The molecule has 11 heteroatoms. The molecule has 6 nitrogen and oxygen atoms in total. The molecule has 0 aromatic heterocycles. The van der Waals surface area contributed by atoms with Crippen LogP contribution in [0.1, 0.15) is 19.8 Å². The molecule has 0 saturated heterocycles. The lowest BCUT2D eigenvalue weighted by Gasteiger charge is -2.09. The molecule has 0 heterocycles. The minimum Gasteiger partial charge on any atom is -0.466 e. The molecule has 0 bridgehead atoms. The van der Waals surface area contributed by atoms with Gasteiger partial charge in [-0.25, -0.2) is 13.2 Å². The molecule has 0 N–H and O–H groups in total. The molecule has 0 atom stereocenters. The topological polar surface area (TPSA) is 71.1 Å². The molecule has 27 heavy (non-hydrogen) atoms. The molecular formula is C16H17F5O6. The molecule has 0 unspecified atom stereocenters. The van der Waals surface area contributed by atoms with Crippen LogP contribution in [-0.4, -0.2) is 45.0 Å². The van der Waals surface area contributed by atoms with E-state index in [-0.39, 0.29) is 39.5 Å². The fourth-order valence-corrected chi connectivity index (χ4v) is 1.71. The third kappa shape index (κ3) is 7.10. The van der Waals surface area contributed by atoms with Crippen molar-refractivity contribution in [1.29, 1.82) is 0 Å². The van der Waals surface area contributed by atoms with Gasteiger partial charge in [-0.05, 0) is 6.92 Å². The second-order valence-corrected chi connectivity index (χ2v) is 4.90. The van der Waals surface area contributed by atoms with Crippen LogP contribution in [0.3, 0.4) is 0 Å². The first kappa shape index (κ1) is 22.8. The Bertz CT molecular complexity index is 638. The van der Waals surface area contributed by atoms with Gasteiger partial charge < -0.3 is 18.9 Å². The van der Waals surface area contributed by atoms with Gasteiger partial charge in [0.05, 0.1) is 45.9 Å². The molecule has 0 amide bonds. The lowest BCUT2D eigenvalue weighted by molar-refractivity contribution is -0.144. The first-order chi connectivity index (χ1) is 12.8. The van der Waals surface area contributed by atoms with Crippen molar-refractivity contribution in [2.45, 2.75) is 19.8 Å². The average molecular weight is 400 g/mol. The van der Waals surface area contributed by atoms with Gasteiger partial charge in [0, 0.05) is 0 Å². The molecule has 0 radical (unpaired) electrons. The van der Waals surface area contributed by atoms with Crippen LogP contribution in [0.15, 0.2) is 0 Å². The van der Waals surface area contributed by atoms with E-state index in [2.05, 4.69) is 9.47 Å². The monoisotopic (exact) mass is 400 g/mol. The van der Waals surface area contributed by atoms with Gasteiger partial charge in [0.2, 0.25) is 34.8 Å². The highest BCUT2D eigenvalue weighted by atomic mass is 19.2. The molecule has 0 fully saturated rings. The van der Waals surface area contributed by atoms with Gasteiger partial charge in [0.25, 0.3) is 0 Å². The lowest BCUT2D eigenvalue weighted by atomic mass is 10.2. The maximum absolute atomic E-state index is 13.4. The molecule has 0 saturated carbocycles. The first-order valence-corrected chi connectivity index (χ1v) is 7.82. The van der Waals surface area contributed by atoms with Crippen LogP contribution in [0.25, 0.3) is 0 Å². The van der Waals surface area contributed by atoms with Gasteiger partial charge in [-0.1, -0.05) is 0 Å². The molecule has 1 rings (SSSR count). The van der Waals surface area contributed by atoms with E-state index < -0.39 is 53.2 Å². The molecule has 1 aromatic carbocycles. The van der Waals surface area contributed by atoms with Crippen molar-refractivity contribution in [3.05, 3.63) is 29.1 Å². The van der Waals surface area contributed by atoms with Gasteiger partial charge in [-0.2, -0.15) is 8.78 Å². The van der Waals surface area contributed by atoms with E-state index in [9.17, 15) is 31.5 Å². The van der Waals surface area contributed by atoms with Crippen molar-refractivity contribution in [3.8, 4) is 5.75 Å². The third-order valence-corrected chi connectivity index (χ3v) is 2.96. The van der Waals surface area contributed by atoms with Crippen LogP contribution in [0.5, 0.6) is 5.75 Å². The van der Waals surface area contributed by atoms with E-state index >= 15 is 0 Å². The van der Waals surface area contributed by atoms with E-state index in [0.717, 1.165) is 0 Å². The van der Waals surface area contributed by atoms with Crippen molar-refractivity contribution in [3.63, 3.8) is 0 Å². The SMILES string of the molecule is CCOC(=O)CCOCCOCCC(=O)Oc1c(F)c(F)c(F)c(F)c1F. The lowest BCUT2D eigenvalue weighted by Crippen LogP contribution is -2.16. The maximum Gasteiger partial charge on any atom is 0.313 e. The average Bonchev–Trinajstić information content (AvgIpc) is 2.64. The summed E-state index contributed by atoms with van der Waals surface area (Å²) in [6, 6.07) is 0. The van der Waals surface area contributed by atoms with Gasteiger partial charge in [0.1, 0.15) is 0 Å². The Morgan fingerprint density at radius 3 is 1.63 bits per heavy atom. The van der Waals surface area contributed by atoms with Crippen LogP contribution < -0.4 is 4.74 Å². The number of halogens is 5. The second-order valence-electron chi connectivity index (χ2n) is 4.90. The Morgan fingerprint density at radius 1 is 0.704 bits per heavy atom. The van der Waals surface area contributed by atoms with Crippen molar-refractivity contribution >= 4 is 11.9 Å². The van der Waals surface area contributed by atoms with Crippen molar-refractivity contribution in [1.82, 2.24) is 0 Å². The number of carbonyl (C=O) groups excluding carboxylic acids is 2. The standard InChI is InChI=1S/C16H17F5O6/c1-2-26-9(22)3-5-24-7-8-25-6-4-10(23)27-16-14(20)12(18)11(17)13(19)15(16)21/h2-8H2,1H3. The second kappa shape index (κ2) is 11.4. The minimum atomic E-state index is -2.35. The summed E-state index contributed by atoms with van der Waals surface area (Å²) in [5.41, 5.74) is 0. The van der Waals surface area contributed by atoms with Crippen molar-refractivity contribution < 1.29 is 50.5 Å². The fraction of sp³-hybridized carbons (Fsp3) is 0.500. The molecule has 0 spiro atoms. The summed E-state index contributed by atoms with van der Waals surface area (Å²) >= 11 is 0. The van der Waals surface area contributed by atoms with E-state index in [1.54, 1.807) is 6.92 Å². The summed E-state index contributed by atoms with van der Waals surface area (Å²) in [6.45, 7) is 1.96. The number of benzene rings is 1. The van der Waals surface area contributed by atoms with Gasteiger partial charge in [-0.3, -0.25) is 9.59 Å². The number of esters is 2. The zero-order valence-corrected chi connectivity index (χ0v) is 14.3. The Balaban J connectivity index is 2.28. The van der Waals surface area contributed by atoms with Crippen molar-refractivity contribution in [2.75, 3.05) is 33.0 Å². The quantitative estimate of drug-likeness (QED) is 0.142. The summed E-state index contributed by atoms with van der Waals surface area (Å²) < 4.78 is 84.4. The van der Waals surface area contributed by atoms with Gasteiger partial charge in [-0.15, -0.1) is 0 Å². The summed E-state index contributed by atoms with van der Waals surface area (Å²) in [7, 11) is 0. The summed E-state index contributed by atoms with van der Waals surface area (Å²) in [6.07, 6.45) is -0.426. The normalized spacial score (nSPS) is 10.7. The van der Waals surface area contributed by atoms with E-state index in [1.165, 1.54) is 0 Å². The number of rotatable bonds is 11. The predicted molar refractivity (Wildman–Crippen MR) is 79.4 cm³/mol. The van der Waals surface area contributed by atoms with Crippen LogP contribution in [-0.2, 0) is 23.8 Å². The van der Waals surface area contributed by atoms with Gasteiger partial charge >= 0.3 is 11.9 Å².